The van der Waals surface area contributed by atoms with E-state index in [1.54, 1.807) is 12.1 Å². The standard InChI is InChI=1S/C27H23ClFN3O6S/c1-31-26(33)23-19-11-18(13-2-3-13)15(8-22(19)38-25(23)14-4-6-16(29)7-5-14)12-39(36,37)32-17-9-20(27(34)35)24(30)21(28)10-17/h4-11,13,32H,2-3,12,30H2,1H3,(H,31,33)(H,34,35). The molecule has 1 heterocycles. The number of halogens is 2. The Morgan fingerprint density at radius 2 is 1.85 bits per heavy atom. The predicted octanol–water partition coefficient (Wildman–Crippen LogP) is 5.35. The number of nitrogens with one attached hydrogen (secondary N) is 2. The number of aromatic carboxylic acids is 1. The lowest BCUT2D eigenvalue weighted by Crippen LogP contribution is -2.18. The first-order chi connectivity index (χ1) is 18.5. The summed E-state index contributed by atoms with van der Waals surface area (Å²) in [5.41, 5.74) is 7.46. The Bertz CT molecular complexity index is 1750. The number of carbonyl (C=O) groups is 2. The molecule has 1 aliphatic carbocycles. The van der Waals surface area contributed by atoms with Gasteiger partial charge in [-0.1, -0.05) is 11.6 Å². The molecule has 0 unspecified atom stereocenters. The van der Waals surface area contributed by atoms with Crippen molar-refractivity contribution in [2.45, 2.75) is 24.5 Å². The summed E-state index contributed by atoms with van der Waals surface area (Å²) < 4.78 is 48.4. The molecule has 0 bridgehead atoms. The molecule has 202 valence electrons. The highest BCUT2D eigenvalue weighted by Crippen LogP contribution is 2.45. The minimum absolute atomic E-state index is 0.0425. The molecule has 1 aromatic heterocycles. The lowest BCUT2D eigenvalue weighted by Gasteiger charge is -2.13. The van der Waals surface area contributed by atoms with Gasteiger partial charge in [-0.25, -0.2) is 17.6 Å². The van der Waals surface area contributed by atoms with Crippen molar-refractivity contribution in [3.8, 4) is 11.3 Å². The number of nitrogen functional groups attached to an aromatic ring is 1. The fourth-order valence-corrected chi connectivity index (χ4v) is 5.96. The molecule has 1 amide bonds. The van der Waals surface area contributed by atoms with E-state index in [4.69, 9.17) is 21.8 Å². The molecule has 0 radical (unpaired) electrons. The van der Waals surface area contributed by atoms with E-state index < -0.39 is 33.5 Å². The lowest BCUT2D eigenvalue weighted by atomic mass is 9.98. The van der Waals surface area contributed by atoms with E-state index in [0.717, 1.165) is 24.5 Å². The van der Waals surface area contributed by atoms with Crippen LogP contribution >= 0.6 is 11.6 Å². The summed E-state index contributed by atoms with van der Waals surface area (Å²) in [6, 6.07) is 11.2. The number of fused-ring (bicyclic) bond motifs is 1. The fourth-order valence-electron chi connectivity index (χ4n) is 4.53. The third-order valence-electron chi connectivity index (χ3n) is 6.51. The summed E-state index contributed by atoms with van der Waals surface area (Å²) >= 11 is 6.02. The highest BCUT2D eigenvalue weighted by molar-refractivity contribution is 7.91. The van der Waals surface area contributed by atoms with Crippen LogP contribution in [0.5, 0.6) is 0 Å². The van der Waals surface area contributed by atoms with Crippen LogP contribution in [0.2, 0.25) is 5.02 Å². The van der Waals surface area contributed by atoms with Gasteiger partial charge in [0.15, 0.2) is 0 Å². The van der Waals surface area contributed by atoms with Gasteiger partial charge in [-0.05, 0) is 78.4 Å². The summed E-state index contributed by atoms with van der Waals surface area (Å²) in [5.74, 6) is -2.27. The number of hydrogen-bond acceptors (Lipinski definition) is 6. The number of benzene rings is 3. The van der Waals surface area contributed by atoms with Gasteiger partial charge in [0.1, 0.15) is 17.2 Å². The molecule has 5 rings (SSSR count). The van der Waals surface area contributed by atoms with Crippen molar-refractivity contribution in [1.29, 1.82) is 0 Å². The van der Waals surface area contributed by atoms with Crippen molar-refractivity contribution < 1.29 is 31.9 Å². The number of anilines is 2. The van der Waals surface area contributed by atoms with E-state index >= 15 is 0 Å². The Kier molecular flexibility index (Phi) is 6.73. The molecular formula is C27H23ClFN3O6S. The van der Waals surface area contributed by atoms with Gasteiger partial charge in [0, 0.05) is 18.0 Å². The molecule has 1 fully saturated rings. The van der Waals surface area contributed by atoms with Gasteiger partial charge < -0.3 is 20.6 Å². The van der Waals surface area contributed by atoms with Gasteiger partial charge in [0.05, 0.1) is 33.3 Å². The van der Waals surface area contributed by atoms with Gasteiger partial charge in [-0.3, -0.25) is 9.52 Å². The van der Waals surface area contributed by atoms with Crippen molar-refractivity contribution in [3.63, 3.8) is 0 Å². The molecule has 1 aliphatic rings. The van der Waals surface area contributed by atoms with Crippen LogP contribution in [0.1, 0.15) is 50.6 Å². The maximum Gasteiger partial charge on any atom is 0.337 e. The summed E-state index contributed by atoms with van der Waals surface area (Å²) in [7, 11) is -2.55. The van der Waals surface area contributed by atoms with Crippen LogP contribution < -0.4 is 15.8 Å². The van der Waals surface area contributed by atoms with E-state index in [1.165, 1.54) is 37.4 Å². The Hall–Kier alpha value is -4.09. The van der Waals surface area contributed by atoms with Gasteiger partial charge in [0.2, 0.25) is 10.0 Å². The summed E-state index contributed by atoms with van der Waals surface area (Å²) in [6.07, 6.45) is 1.72. The Labute approximate surface area is 227 Å². The third kappa shape index (κ3) is 5.27. The summed E-state index contributed by atoms with van der Waals surface area (Å²) in [5, 5.41) is 12.4. The SMILES string of the molecule is CNC(=O)c1c(-c2ccc(F)cc2)oc2cc(CS(=O)(=O)Nc3cc(Cl)c(N)c(C(=O)O)c3)c(C3CC3)cc12. The Morgan fingerprint density at radius 3 is 2.46 bits per heavy atom. The average molecular weight is 572 g/mol. The molecule has 39 heavy (non-hydrogen) atoms. The first-order valence-corrected chi connectivity index (χ1v) is 13.9. The lowest BCUT2D eigenvalue weighted by molar-refractivity contribution is 0.0697. The second kappa shape index (κ2) is 9.90. The zero-order chi connectivity index (χ0) is 28.1. The number of sulfonamides is 1. The minimum atomic E-state index is -4.04. The summed E-state index contributed by atoms with van der Waals surface area (Å²) in [4.78, 5) is 24.4. The van der Waals surface area contributed by atoms with E-state index in [2.05, 4.69) is 10.0 Å². The second-order valence-corrected chi connectivity index (χ2v) is 11.4. The monoisotopic (exact) mass is 571 g/mol. The molecule has 0 saturated heterocycles. The Morgan fingerprint density at radius 1 is 1.15 bits per heavy atom. The number of furan rings is 1. The maximum absolute atomic E-state index is 13.5. The molecule has 1 saturated carbocycles. The number of carboxylic acids is 1. The van der Waals surface area contributed by atoms with Crippen LogP contribution in [-0.4, -0.2) is 32.4 Å². The first-order valence-electron chi connectivity index (χ1n) is 11.9. The topological polar surface area (TPSA) is 152 Å². The molecular weight excluding hydrogens is 549 g/mol. The number of amides is 1. The smallest absolute Gasteiger partial charge is 0.337 e. The number of hydrogen-bond donors (Lipinski definition) is 4. The number of rotatable bonds is 8. The quantitative estimate of drug-likeness (QED) is 0.208. The normalized spacial score (nSPS) is 13.4. The molecule has 4 aromatic rings. The zero-order valence-electron chi connectivity index (χ0n) is 20.5. The molecule has 0 spiro atoms. The van der Waals surface area contributed by atoms with Crippen LogP contribution in [0, 0.1) is 5.82 Å². The number of carbonyl (C=O) groups excluding carboxylic acids is 1. The van der Waals surface area contributed by atoms with Crippen LogP contribution in [0.25, 0.3) is 22.3 Å². The van der Waals surface area contributed by atoms with Crippen molar-refractivity contribution in [3.05, 3.63) is 81.6 Å². The van der Waals surface area contributed by atoms with Crippen LogP contribution in [0.15, 0.2) is 52.9 Å². The van der Waals surface area contributed by atoms with Crippen molar-refractivity contribution in [1.82, 2.24) is 5.32 Å². The predicted molar refractivity (Wildman–Crippen MR) is 146 cm³/mol. The maximum atomic E-state index is 13.5. The van der Waals surface area contributed by atoms with Gasteiger partial charge in [-0.2, -0.15) is 0 Å². The van der Waals surface area contributed by atoms with Gasteiger partial charge in [-0.15, -0.1) is 0 Å². The number of carboxylic acid groups (broad SMARTS) is 1. The molecule has 5 N–H and O–H groups in total. The first kappa shape index (κ1) is 26.5. The zero-order valence-corrected chi connectivity index (χ0v) is 22.1. The van der Waals surface area contributed by atoms with Crippen LogP contribution in [0.4, 0.5) is 15.8 Å². The largest absolute Gasteiger partial charge is 0.478 e. The van der Waals surface area contributed by atoms with E-state index in [9.17, 15) is 27.5 Å². The van der Waals surface area contributed by atoms with Crippen LogP contribution in [-0.2, 0) is 15.8 Å². The fraction of sp³-hybridized carbons (Fsp3) is 0.185. The van der Waals surface area contributed by atoms with Crippen LogP contribution in [0.3, 0.4) is 0 Å². The van der Waals surface area contributed by atoms with E-state index in [-0.39, 0.29) is 39.2 Å². The molecule has 12 heteroatoms. The molecule has 3 aromatic carbocycles. The van der Waals surface area contributed by atoms with Gasteiger partial charge in [0.25, 0.3) is 5.91 Å². The van der Waals surface area contributed by atoms with E-state index in [1.807, 2.05) is 0 Å². The van der Waals surface area contributed by atoms with Crippen molar-refractivity contribution in [2.24, 2.45) is 0 Å². The average Bonchev–Trinajstić information content (AvgIpc) is 3.65. The van der Waals surface area contributed by atoms with Gasteiger partial charge >= 0.3 is 5.97 Å². The molecule has 0 aliphatic heterocycles. The van der Waals surface area contributed by atoms with Crippen molar-refractivity contribution in [2.75, 3.05) is 17.5 Å². The second-order valence-electron chi connectivity index (χ2n) is 9.30. The third-order valence-corrected chi connectivity index (χ3v) is 8.06. The summed E-state index contributed by atoms with van der Waals surface area (Å²) in [6.45, 7) is 0. The molecule has 9 nitrogen and oxygen atoms in total. The number of nitrogens with two attached hydrogens (primary N) is 1. The highest BCUT2D eigenvalue weighted by atomic mass is 35.5. The molecule has 0 atom stereocenters. The Balaban J connectivity index is 1.58. The van der Waals surface area contributed by atoms with Crippen molar-refractivity contribution >= 4 is 55.8 Å². The minimum Gasteiger partial charge on any atom is -0.478 e. The van der Waals surface area contributed by atoms with E-state index in [0.29, 0.717) is 22.1 Å². The highest BCUT2D eigenvalue weighted by Gasteiger charge is 2.31.